The molecule has 9 nitrogen and oxygen atoms in total. The van der Waals surface area contributed by atoms with Gasteiger partial charge in [0.25, 0.3) is 0 Å². The number of rotatable bonds is 7. The van der Waals surface area contributed by atoms with Gasteiger partial charge in [-0.05, 0) is 45.2 Å². The third-order valence-electron chi connectivity index (χ3n) is 5.00. The molecule has 0 bridgehead atoms. The van der Waals surface area contributed by atoms with Gasteiger partial charge < -0.3 is 5.32 Å². The van der Waals surface area contributed by atoms with Crippen molar-refractivity contribution < 1.29 is 13.2 Å². The van der Waals surface area contributed by atoms with E-state index in [1.54, 1.807) is 11.7 Å². The third kappa shape index (κ3) is 5.87. The first-order chi connectivity index (χ1) is 12.5. The lowest BCUT2D eigenvalue weighted by atomic mass is 9.98. The van der Waals surface area contributed by atoms with Crippen LogP contribution < -0.4 is 10.6 Å². The van der Waals surface area contributed by atoms with E-state index < -0.39 is 10.0 Å². The number of nitrogens with one attached hydrogen (secondary N) is 2. The molecule has 0 atom stereocenters. The summed E-state index contributed by atoms with van der Waals surface area (Å²) in [5, 5.41) is 10.5. The van der Waals surface area contributed by atoms with Crippen molar-refractivity contribution in [2.75, 3.05) is 37.2 Å². The Balaban J connectivity index is 0.00000261. The van der Waals surface area contributed by atoms with Crippen molar-refractivity contribution >= 4 is 34.3 Å². The Kier molecular flexibility index (Phi) is 8.02. The molecule has 154 valence electrons. The molecule has 11 heteroatoms. The molecule has 0 saturated carbocycles. The molecular weight excluding hydrogens is 392 g/mol. The zero-order chi connectivity index (χ0) is 18.6. The fourth-order valence-electron chi connectivity index (χ4n) is 3.46. The maximum Gasteiger partial charge on any atom is 0.227 e. The van der Waals surface area contributed by atoms with Crippen molar-refractivity contribution in [1.29, 1.82) is 0 Å². The summed E-state index contributed by atoms with van der Waals surface area (Å²) in [5.74, 6) is 1.29. The number of hydrogen-bond donors (Lipinski definition) is 2. The number of piperidine rings is 1. The Morgan fingerprint density at radius 2 is 1.93 bits per heavy atom. The summed E-state index contributed by atoms with van der Waals surface area (Å²) in [4.78, 5) is 16.6. The molecule has 2 saturated heterocycles. The van der Waals surface area contributed by atoms with E-state index in [0.717, 1.165) is 44.6 Å². The number of carbonyl (C=O) groups is 1. The average Bonchev–Trinajstić information content (AvgIpc) is 3.27. The van der Waals surface area contributed by atoms with Crippen LogP contribution in [0.15, 0.2) is 0 Å². The van der Waals surface area contributed by atoms with E-state index in [4.69, 9.17) is 0 Å². The van der Waals surface area contributed by atoms with E-state index in [-0.39, 0.29) is 30.5 Å². The van der Waals surface area contributed by atoms with Crippen molar-refractivity contribution in [2.24, 2.45) is 7.05 Å². The van der Waals surface area contributed by atoms with Gasteiger partial charge in [0.05, 0.1) is 5.75 Å². The number of hydrogen-bond acceptors (Lipinski definition) is 6. The highest BCUT2D eigenvalue weighted by atomic mass is 35.5. The minimum Gasteiger partial charge on any atom is -0.317 e. The van der Waals surface area contributed by atoms with Gasteiger partial charge in [0.2, 0.25) is 21.9 Å². The van der Waals surface area contributed by atoms with Crippen LogP contribution in [0.25, 0.3) is 0 Å². The summed E-state index contributed by atoms with van der Waals surface area (Å²) in [6, 6.07) is 0. The minimum absolute atomic E-state index is 0. The molecule has 1 amide bonds. The van der Waals surface area contributed by atoms with Crippen molar-refractivity contribution in [1.82, 2.24) is 24.4 Å². The highest BCUT2D eigenvalue weighted by Crippen LogP contribution is 2.23. The lowest BCUT2D eigenvalue weighted by molar-refractivity contribution is -0.116. The van der Waals surface area contributed by atoms with E-state index >= 15 is 0 Å². The Hall–Kier alpha value is -1.23. The van der Waals surface area contributed by atoms with Crippen LogP contribution in [0.2, 0.25) is 0 Å². The first-order valence-electron chi connectivity index (χ1n) is 9.35. The summed E-state index contributed by atoms with van der Waals surface area (Å²) in [6.07, 6.45) is 4.29. The molecule has 1 aromatic heterocycles. The molecule has 2 aliphatic heterocycles. The van der Waals surface area contributed by atoms with Crippen molar-refractivity contribution in [2.45, 2.75) is 44.4 Å². The number of aromatic nitrogens is 3. The first-order valence-corrected chi connectivity index (χ1v) is 11.0. The number of nitrogens with zero attached hydrogens (tertiary/aromatic N) is 4. The second-order valence-electron chi connectivity index (χ2n) is 7.02. The van der Waals surface area contributed by atoms with Crippen LogP contribution in [0.3, 0.4) is 0 Å². The Morgan fingerprint density at radius 3 is 2.59 bits per heavy atom. The molecule has 0 aromatic carbocycles. The fourth-order valence-corrected chi connectivity index (χ4v) is 5.05. The zero-order valence-corrected chi connectivity index (χ0v) is 17.3. The number of aryl methyl sites for hydroxylation is 1. The van der Waals surface area contributed by atoms with Gasteiger partial charge in [-0.3, -0.25) is 10.1 Å². The monoisotopic (exact) mass is 420 g/mol. The first kappa shape index (κ1) is 22.1. The lowest BCUT2D eigenvalue weighted by Crippen LogP contribution is -2.30. The van der Waals surface area contributed by atoms with Gasteiger partial charge in [0.1, 0.15) is 0 Å². The maximum absolute atomic E-state index is 12.2. The molecule has 1 aromatic rings. The van der Waals surface area contributed by atoms with Crippen molar-refractivity contribution in [3.63, 3.8) is 0 Å². The largest absolute Gasteiger partial charge is 0.317 e. The summed E-state index contributed by atoms with van der Waals surface area (Å²) in [6.45, 7) is 3.12. The molecule has 0 radical (unpaired) electrons. The SMILES string of the molecule is Cl.Cn1nc(C2CCNCC2)nc1NC(=O)CCCS(=O)(=O)N1CCCC1. The van der Waals surface area contributed by atoms with Gasteiger partial charge in [0.15, 0.2) is 5.82 Å². The summed E-state index contributed by atoms with van der Waals surface area (Å²) in [7, 11) is -1.48. The molecule has 2 fully saturated rings. The van der Waals surface area contributed by atoms with Gasteiger partial charge in [-0.25, -0.2) is 17.4 Å². The number of halogens is 1. The number of sulfonamides is 1. The Morgan fingerprint density at radius 1 is 1.26 bits per heavy atom. The topological polar surface area (TPSA) is 109 Å². The quantitative estimate of drug-likeness (QED) is 0.676. The number of amides is 1. The summed E-state index contributed by atoms with van der Waals surface area (Å²) >= 11 is 0. The van der Waals surface area contributed by atoms with Crippen molar-refractivity contribution in [3.8, 4) is 0 Å². The van der Waals surface area contributed by atoms with E-state index in [1.807, 2.05) is 0 Å². The molecule has 2 aliphatic rings. The van der Waals surface area contributed by atoms with Gasteiger partial charge in [0, 0.05) is 32.5 Å². The van der Waals surface area contributed by atoms with Gasteiger partial charge >= 0.3 is 0 Å². The second kappa shape index (κ2) is 9.81. The minimum atomic E-state index is -3.23. The second-order valence-corrected chi connectivity index (χ2v) is 9.10. The molecule has 0 aliphatic carbocycles. The third-order valence-corrected chi connectivity index (χ3v) is 6.96. The highest BCUT2D eigenvalue weighted by Gasteiger charge is 2.25. The van der Waals surface area contributed by atoms with Crippen molar-refractivity contribution in [3.05, 3.63) is 5.82 Å². The van der Waals surface area contributed by atoms with Crippen LogP contribution in [0.5, 0.6) is 0 Å². The normalized spacial score (nSPS) is 19.0. The molecule has 2 N–H and O–H groups in total. The number of anilines is 1. The summed E-state index contributed by atoms with van der Waals surface area (Å²) in [5.41, 5.74) is 0. The van der Waals surface area contributed by atoms with E-state index in [0.29, 0.717) is 31.4 Å². The lowest BCUT2D eigenvalue weighted by Gasteiger charge is -2.19. The average molecular weight is 421 g/mol. The van der Waals surface area contributed by atoms with Crippen LogP contribution in [0.4, 0.5) is 5.95 Å². The molecule has 3 rings (SSSR count). The van der Waals surface area contributed by atoms with Gasteiger partial charge in [-0.15, -0.1) is 12.4 Å². The predicted molar refractivity (Wildman–Crippen MR) is 106 cm³/mol. The van der Waals surface area contributed by atoms with Crippen LogP contribution in [0.1, 0.15) is 50.3 Å². The fraction of sp³-hybridized carbons (Fsp3) is 0.812. The number of carbonyl (C=O) groups excluding carboxylic acids is 1. The van der Waals surface area contributed by atoms with Crippen LogP contribution >= 0.6 is 12.4 Å². The van der Waals surface area contributed by atoms with Gasteiger partial charge in [-0.2, -0.15) is 10.1 Å². The molecular formula is C16H29ClN6O3S. The molecule has 27 heavy (non-hydrogen) atoms. The molecule has 3 heterocycles. The molecule has 0 spiro atoms. The Bertz CT molecular complexity index is 727. The van der Waals surface area contributed by atoms with E-state index in [2.05, 4.69) is 20.7 Å². The van der Waals surface area contributed by atoms with Gasteiger partial charge in [-0.1, -0.05) is 0 Å². The summed E-state index contributed by atoms with van der Waals surface area (Å²) < 4.78 is 27.4. The molecule has 0 unspecified atom stereocenters. The van der Waals surface area contributed by atoms with Crippen LogP contribution in [-0.2, 0) is 21.9 Å². The standard InChI is InChI=1S/C16H28N6O3S.ClH/c1-21-16(19-15(20-21)13-6-8-17-9-7-13)18-14(23)5-4-12-26(24,25)22-10-2-3-11-22;/h13,17H,2-12H2,1H3,(H,18,19,20,23);1H. The maximum atomic E-state index is 12.2. The zero-order valence-electron chi connectivity index (χ0n) is 15.7. The Labute approximate surface area is 166 Å². The predicted octanol–water partition coefficient (Wildman–Crippen LogP) is 0.848. The highest BCUT2D eigenvalue weighted by molar-refractivity contribution is 7.89. The van der Waals surface area contributed by atoms with Crippen LogP contribution in [0, 0.1) is 0 Å². The smallest absolute Gasteiger partial charge is 0.227 e. The van der Waals surface area contributed by atoms with E-state index in [9.17, 15) is 13.2 Å². The van der Waals surface area contributed by atoms with E-state index in [1.165, 1.54) is 4.31 Å². The van der Waals surface area contributed by atoms with Crippen LogP contribution in [-0.4, -0.2) is 65.3 Å².